The molecule has 3 rings (SSSR count). The molecule has 0 radical (unpaired) electrons. The van der Waals surface area contributed by atoms with E-state index in [1.807, 2.05) is 12.3 Å². The number of nitrogens with zero attached hydrogens (tertiary/aromatic N) is 1. The number of hydrogen-bond acceptors (Lipinski definition) is 4. The van der Waals surface area contributed by atoms with Gasteiger partial charge >= 0.3 is 0 Å². The minimum atomic E-state index is 0.654. The fourth-order valence-corrected chi connectivity index (χ4v) is 1.91. The molecule has 1 aromatic carbocycles. The minimum absolute atomic E-state index is 0.654. The first-order valence-electron chi connectivity index (χ1n) is 5.53. The van der Waals surface area contributed by atoms with Gasteiger partial charge in [0.15, 0.2) is 11.5 Å². The average Bonchev–Trinajstić information content (AvgIpc) is 2.74. The van der Waals surface area contributed by atoms with Crippen molar-refractivity contribution in [2.45, 2.75) is 6.42 Å². The van der Waals surface area contributed by atoms with Crippen molar-refractivity contribution < 1.29 is 9.47 Å². The van der Waals surface area contributed by atoms with Crippen molar-refractivity contribution in [1.29, 1.82) is 0 Å². The van der Waals surface area contributed by atoms with E-state index in [1.165, 1.54) is 0 Å². The van der Waals surface area contributed by atoms with Gasteiger partial charge in [0.05, 0.1) is 19.4 Å². The third-order valence-electron chi connectivity index (χ3n) is 2.68. The Balaban J connectivity index is 2.17. The monoisotopic (exact) mass is 231 g/mol. The van der Waals surface area contributed by atoms with E-state index in [9.17, 15) is 0 Å². The van der Waals surface area contributed by atoms with Gasteiger partial charge in [-0.15, -0.1) is 0 Å². The maximum absolute atomic E-state index is 5.87. The Morgan fingerprint density at radius 3 is 2.94 bits per heavy atom. The molecule has 1 aliphatic rings. The number of nitrogens with one attached hydrogen (secondary N) is 1. The quantitative estimate of drug-likeness (QED) is 0.734. The van der Waals surface area contributed by atoms with Crippen molar-refractivity contribution in [3.63, 3.8) is 0 Å². The van der Waals surface area contributed by atoms with Crippen molar-refractivity contribution in [3.05, 3.63) is 24.5 Å². The summed E-state index contributed by atoms with van der Waals surface area (Å²) < 4.78 is 11.4. The van der Waals surface area contributed by atoms with Gasteiger partial charge in [-0.2, -0.15) is 5.10 Å². The van der Waals surface area contributed by atoms with Crippen LogP contribution < -0.4 is 15.2 Å². The molecule has 5 nitrogen and oxygen atoms in total. The summed E-state index contributed by atoms with van der Waals surface area (Å²) in [6, 6.07) is 3.67. The van der Waals surface area contributed by atoms with Crippen molar-refractivity contribution in [2.24, 2.45) is 0 Å². The Hall–Kier alpha value is -2.17. The molecule has 0 saturated carbocycles. The van der Waals surface area contributed by atoms with Crippen molar-refractivity contribution >= 4 is 5.69 Å². The Morgan fingerprint density at radius 1 is 1.24 bits per heavy atom. The molecule has 2 aromatic rings. The van der Waals surface area contributed by atoms with E-state index in [1.54, 1.807) is 12.3 Å². The SMILES string of the molecule is Nc1cc2c(c(-c3cn[nH]c3)c1)OCCCO2. The smallest absolute Gasteiger partial charge is 0.169 e. The molecule has 88 valence electrons. The molecule has 0 spiro atoms. The number of rotatable bonds is 1. The zero-order chi connectivity index (χ0) is 11.7. The van der Waals surface area contributed by atoms with Gasteiger partial charge in [0.25, 0.3) is 0 Å². The first-order valence-corrected chi connectivity index (χ1v) is 5.53. The first-order chi connectivity index (χ1) is 8.34. The Morgan fingerprint density at radius 2 is 2.12 bits per heavy atom. The highest BCUT2D eigenvalue weighted by Crippen LogP contribution is 2.41. The third-order valence-corrected chi connectivity index (χ3v) is 2.68. The second-order valence-electron chi connectivity index (χ2n) is 3.93. The van der Waals surface area contributed by atoms with Gasteiger partial charge in [0.2, 0.25) is 0 Å². The predicted molar refractivity (Wildman–Crippen MR) is 64.0 cm³/mol. The van der Waals surface area contributed by atoms with E-state index in [4.69, 9.17) is 15.2 Å². The van der Waals surface area contributed by atoms with Crippen LogP contribution in [0.2, 0.25) is 0 Å². The fraction of sp³-hybridized carbons (Fsp3) is 0.250. The molecule has 17 heavy (non-hydrogen) atoms. The molecule has 0 unspecified atom stereocenters. The van der Waals surface area contributed by atoms with E-state index in [2.05, 4.69) is 10.2 Å². The number of fused-ring (bicyclic) bond motifs is 1. The second kappa shape index (κ2) is 4.01. The standard InChI is InChI=1S/C12H13N3O2/c13-9-4-10(8-6-14-15-7-8)12-11(5-9)16-2-1-3-17-12/h4-7H,1-3,13H2,(H,14,15). The number of nitrogen functional groups attached to an aromatic ring is 1. The summed E-state index contributed by atoms with van der Waals surface area (Å²) >= 11 is 0. The van der Waals surface area contributed by atoms with E-state index < -0.39 is 0 Å². The Bertz CT molecular complexity index is 523. The number of aromatic nitrogens is 2. The van der Waals surface area contributed by atoms with Crippen molar-refractivity contribution in [3.8, 4) is 22.6 Å². The normalized spacial score (nSPS) is 14.4. The van der Waals surface area contributed by atoms with E-state index in [0.717, 1.165) is 23.3 Å². The molecule has 0 saturated heterocycles. The van der Waals surface area contributed by atoms with Crippen LogP contribution in [0.4, 0.5) is 5.69 Å². The average molecular weight is 231 g/mol. The van der Waals surface area contributed by atoms with Crippen molar-refractivity contribution in [2.75, 3.05) is 18.9 Å². The van der Waals surface area contributed by atoms with Crippen LogP contribution in [0.15, 0.2) is 24.5 Å². The molecule has 2 heterocycles. The van der Waals surface area contributed by atoms with Crippen LogP contribution in [0.5, 0.6) is 11.5 Å². The molecule has 1 aromatic heterocycles. The molecule has 0 atom stereocenters. The van der Waals surface area contributed by atoms with E-state index in [-0.39, 0.29) is 0 Å². The largest absolute Gasteiger partial charge is 0.489 e. The van der Waals surface area contributed by atoms with Gasteiger partial charge in [0, 0.05) is 35.5 Å². The summed E-state index contributed by atoms with van der Waals surface area (Å²) in [6.45, 7) is 1.31. The van der Waals surface area contributed by atoms with Crippen LogP contribution in [0.1, 0.15) is 6.42 Å². The molecule has 3 N–H and O–H groups in total. The number of nitrogens with two attached hydrogens (primary N) is 1. The molecule has 0 amide bonds. The highest BCUT2D eigenvalue weighted by atomic mass is 16.5. The lowest BCUT2D eigenvalue weighted by atomic mass is 10.1. The number of hydrogen-bond donors (Lipinski definition) is 2. The predicted octanol–water partition coefficient (Wildman–Crippen LogP) is 1.82. The molecule has 0 fully saturated rings. The summed E-state index contributed by atoms with van der Waals surface area (Å²) in [7, 11) is 0. The zero-order valence-corrected chi connectivity index (χ0v) is 9.27. The molecule has 5 heteroatoms. The Labute approximate surface area is 98.5 Å². The zero-order valence-electron chi connectivity index (χ0n) is 9.27. The number of anilines is 1. The van der Waals surface area contributed by atoms with Gasteiger partial charge < -0.3 is 15.2 Å². The fourth-order valence-electron chi connectivity index (χ4n) is 1.91. The summed E-state index contributed by atoms with van der Waals surface area (Å²) in [5, 5.41) is 6.72. The highest BCUT2D eigenvalue weighted by molar-refractivity contribution is 5.77. The molecular weight excluding hydrogens is 218 g/mol. The highest BCUT2D eigenvalue weighted by Gasteiger charge is 2.17. The second-order valence-corrected chi connectivity index (χ2v) is 3.93. The summed E-state index contributed by atoms with van der Waals surface area (Å²) in [4.78, 5) is 0. The first kappa shape index (κ1) is 10.0. The van der Waals surface area contributed by atoms with Gasteiger partial charge in [0.1, 0.15) is 0 Å². The van der Waals surface area contributed by atoms with Crippen LogP contribution >= 0.6 is 0 Å². The van der Waals surface area contributed by atoms with Crippen LogP contribution in [0, 0.1) is 0 Å². The van der Waals surface area contributed by atoms with Gasteiger partial charge in [-0.25, -0.2) is 0 Å². The lowest BCUT2D eigenvalue weighted by Crippen LogP contribution is -1.97. The van der Waals surface area contributed by atoms with Crippen LogP contribution in [0.3, 0.4) is 0 Å². The van der Waals surface area contributed by atoms with Gasteiger partial charge in [-0.05, 0) is 6.07 Å². The molecular formula is C12H13N3O2. The summed E-state index contributed by atoms with van der Waals surface area (Å²) in [6.07, 6.45) is 4.42. The lowest BCUT2D eigenvalue weighted by Gasteiger charge is -2.12. The Kier molecular flexibility index (Phi) is 2.36. The number of benzene rings is 1. The summed E-state index contributed by atoms with van der Waals surface area (Å²) in [5.74, 6) is 1.46. The summed E-state index contributed by atoms with van der Waals surface area (Å²) in [5.41, 5.74) is 8.39. The molecule has 0 bridgehead atoms. The maximum atomic E-state index is 5.87. The topological polar surface area (TPSA) is 73.2 Å². The lowest BCUT2D eigenvalue weighted by molar-refractivity contribution is 0.297. The van der Waals surface area contributed by atoms with E-state index in [0.29, 0.717) is 24.7 Å². The van der Waals surface area contributed by atoms with Crippen LogP contribution in [-0.2, 0) is 0 Å². The van der Waals surface area contributed by atoms with Crippen molar-refractivity contribution in [1.82, 2.24) is 10.2 Å². The van der Waals surface area contributed by atoms with Crippen LogP contribution in [0.25, 0.3) is 11.1 Å². The van der Waals surface area contributed by atoms with Gasteiger partial charge in [-0.1, -0.05) is 0 Å². The minimum Gasteiger partial charge on any atom is -0.489 e. The maximum Gasteiger partial charge on any atom is 0.169 e. The molecule has 1 aliphatic heterocycles. The van der Waals surface area contributed by atoms with Gasteiger partial charge in [-0.3, -0.25) is 5.10 Å². The van der Waals surface area contributed by atoms with Crippen LogP contribution in [-0.4, -0.2) is 23.4 Å². The third kappa shape index (κ3) is 1.80. The number of H-pyrrole nitrogens is 1. The van der Waals surface area contributed by atoms with E-state index >= 15 is 0 Å². The molecule has 0 aliphatic carbocycles. The number of aromatic amines is 1. The number of ether oxygens (including phenoxy) is 2.